The molecule has 5 aromatic rings. The maximum absolute atomic E-state index is 5.25. The van der Waals surface area contributed by atoms with Crippen molar-refractivity contribution in [1.82, 2.24) is 19.8 Å². The number of benzene rings is 3. The summed E-state index contributed by atoms with van der Waals surface area (Å²) in [6.45, 7) is 0. The molecule has 0 spiro atoms. The second-order valence-electron chi connectivity index (χ2n) is 6.51. The molecule has 5 rings (SSSR count). The van der Waals surface area contributed by atoms with Crippen molar-refractivity contribution in [1.29, 1.82) is 0 Å². The van der Waals surface area contributed by atoms with E-state index < -0.39 is 0 Å². The second kappa shape index (κ2) is 7.18. The first-order valence-corrected chi connectivity index (χ1v) is 9.83. The predicted octanol–water partition coefficient (Wildman–Crippen LogP) is 5.46. The van der Waals surface area contributed by atoms with Crippen LogP contribution in [0.1, 0.15) is 0 Å². The zero-order chi connectivity index (χ0) is 19.8. The third kappa shape index (κ3) is 3.19. The van der Waals surface area contributed by atoms with Crippen LogP contribution in [-0.2, 0) is 0 Å². The highest BCUT2D eigenvalue weighted by Gasteiger charge is 2.15. The highest BCUT2D eigenvalue weighted by Crippen LogP contribution is 2.30. The number of anilines is 2. The Morgan fingerprint density at radius 2 is 1.59 bits per heavy atom. The van der Waals surface area contributed by atoms with Crippen LogP contribution in [0.25, 0.3) is 27.8 Å². The molecule has 0 radical (unpaired) electrons. The maximum atomic E-state index is 5.25. The van der Waals surface area contributed by atoms with E-state index in [0.717, 1.165) is 38.1 Å². The molecule has 0 bridgehead atoms. The number of hydrogen-bond acceptors (Lipinski definition) is 5. The molecule has 0 aliphatic carbocycles. The fourth-order valence-electron chi connectivity index (χ4n) is 3.26. The van der Waals surface area contributed by atoms with E-state index in [1.807, 2.05) is 72.8 Å². The van der Waals surface area contributed by atoms with Gasteiger partial charge in [0, 0.05) is 26.5 Å². The van der Waals surface area contributed by atoms with Gasteiger partial charge in [0.15, 0.2) is 17.3 Å². The lowest BCUT2D eigenvalue weighted by Crippen LogP contribution is -2.02. The van der Waals surface area contributed by atoms with Gasteiger partial charge in [-0.15, -0.1) is 15.3 Å². The number of halogens is 1. The summed E-state index contributed by atoms with van der Waals surface area (Å²) in [5.74, 6) is 2.20. The van der Waals surface area contributed by atoms with Crippen LogP contribution in [-0.4, -0.2) is 26.9 Å². The molecule has 0 unspecified atom stereocenters. The number of ether oxygens (including phenoxy) is 1. The van der Waals surface area contributed by atoms with Gasteiger partial charge in [-0.2, -0.15) is 4.52 Å². The first kappa shape index (κ1) is 17.6. The molecule has 0 amide bonds. The summed E-state index contributed by atoms with van der Waals surface area (Å²) >= 11 is 3.47. The molecule has 2 heterocycles. The fourth-order valence-corrected chi connectivity index (χ4v) is 3.53. The predicted molar refractivity (Wildman–Crippen MR) is 118 cm³/mol. The van der Waals surface area contributed by atoms with Gasteiger partial charge in [0.1, 0.15) is 5.75 Å². The quantitative estimate of drug-likeness (QED) is 0.397. The van der Waals surface area contributed by atoms with Crippen molar-refractivity contribution in [2.45, 2.75) is 0 Å². The summed E-state index contributed by atoms with van der Waals surface area (Å²) in [5.41, 5.74) is 2.58. The SMILES string of the molecule is COc1ccc(-c2nnc3c4ccccc4c(Nc4ccc(Br)cc4)nn23)cc1. The summed E-state index contributed by atoms with van der Waals surface area (Å²) in [4.78, 5) is 0. The van der Waals surface area contributed by atoms with Crippen LogP contribution in [0.15, 0.2) is 77.3 Å². The van der Waals surface area contributed by atoms with Crippen LogP contribution in [0, 0.1) is 0 Å². The summed E-state index contributed by atoms with van der Waals surface area (Å²) in [6.07, 6.45) is 0. The molecular formula is C22H16BrN5O. The van der Waals surface area contributed by atoms with Crippen molar-refractivity contribution in [2.24, 2.45) is 0 Å². The van der Waals surface area contributed by atoms with Crippen molar-refractivity contribution in [2.75, 3.05) is 12.4 Å². The minimum atomic E-state index is 0.673. The normalized spacial score (nSPS) is 11.1. The molecule has 0 saturated heterocycles. The van der Waals surface area contributed by atoms with Gasteiger partial charge in [0.25, 0.3) is 0 Å². The van der Waals surface area contributed by atoms with E-state index in [4.69, 9.17) is 9.84 Å². The minimum Gasteiger partial charge on any atom is -0.497 e. The van der Waals surface area contributed by atoms with Crippen LogP contribution in [0.4, 0.5) is 11.5 Å². The van der Waals surface area contributed by atoms with Gasteiger partial charge < -0.3 is 10.1 Å². The third-order valence-corrected chi connectivity index (χ3v) is 5.25. The molecule has 142 valence electrons. The Morgan fingerprint density at radius 3 is 2.31 bits per heavy atom. The summed E-state index contributed by atoms with van der Waals surface area (Å²) in [5, 5.41) is 19.0. The Kier molecular flexibility index (Phi) is 4.37. The molecule has 0 aliphatic heterocycles. The third-order valence-electron chi connectivity index (χ3n) is 4.72. The Bertz CT molecular complexity index is 1310. The summed E-state index contributed by atoms with van der Waals surface area (Å²) < 4.78 is 8.06. The molecule has 6 nitrogen and oxygen atoms in total. The molecule has 29 heavy (non-hydrogen) atoms. The molecule has 0 saturated carbocycles. The fraction of sp³-hybridized carbons (Fsp3) is 0.0455. The molecule has 0 atom stereocenters. The number of nitrogens with zero attached hydrogens (tertiary/aromatic N) is 4. The van der Waals surface area contributed by atoms with Gasteiger partial charge in [-0.05, 0) is 48.5 Å². The van der Waals surface area contributed by atoms with Gasteiger partial charge in [-0.1, -0.05) is 40.2 Å². The molecule has 2 aromatic heterocycles. The van der Waals surface area contributed by atoms with Gasteiger partial charge in [-0.3, -0.25) is 0 Å². The van der Waals surface area contributed by atoms with E-state index in [0.29, 0.717) is 11.5 Å². The van der Waals surface area contributed by atoms with Crippen LogP contribution >= 0.6 is 15.9 Å². The number of nitrogens with one attached hydrogen (secondary N) is 1. The molecule has 3 aromatic carbocycles. The highest BCUT2D eigenvalue weighted by molar-refractivity contribution is 9.10. The van der Waals surface area contributed by atoms with Crippen molar-refractivity contribution in [3.05, 3.63) is 77.3 Å². The van der Waals surface area contributed by atoms with Gasteiger partial charge in [0.05, 0.1) is 7.11 Å². The zero-order valence-electron chi connectivity index (χ0n) is 15.5. The number of fused-ring (bicyclic) bond motifs is 3. The molecule has 0 aliphatic rings. The smallest absolute Gasteiger partial charge is 0.186 e. The summed E-state index contributed by atoms with van der Waals surface area (Å²) in [6, 6.07) is 23.7. The average Bonchev–Trinajstić information content (AvgIpc) is 3.19. The van der Waals surface area contributed by atoms with Gasteiger partial charge >= 0.3 is 0 Å². The minimum absolute atomic E-state index is 0.673. The Balaban J connectivity index is 1.69. The number of aromatic nitrogens is 4. The largest absolute Gasteiger partial charge is 0.497 e. The van der Waals surface area contributed by atoms with E-state index >= 15 is 0 Å². The number of methoxy groups -OCH3 is 1. The Morgan fingerprint density at radius 1 is 0.862 bits per heavy atom. The molecule has 0 fully saturated rings. The van der Waals surface area contributed by atoms with Crippen molar-refractivity contribution in [3.63, 3.8) is 0 Å². The average molecular weight is 446 g/mol. The first-order chi connectivity index (χ1) is 14.2. The van der Waals surface area contributed by atoms with E-state index in [1.165, 1.54) is 0 Å². The van der Waals surface area contributed by atoms with Crippen LogP contribution in [0.5, 0.6) is 5.75 Å². The van der Waals surface area contributed by atoms with Crippen LogP contribution in [0.3, 0.4) is 0 Å². The maximum Gasteiger partial charge on any atom is 0.186 e. The van der Waals surface area contributed by atoms with E-state index in [1.54, 1.807) is 11.6 Å². The van der Waals surface area contributed by atoms with Crippen LogP contribution in [0.2, 0.25) is 0 Å². The van der Waals surface area contributed by atoms with E-state index in [9.17, 15) is 0 Å². The second-order valence-corrected chi connectivity index (χ2v) is 7.43. The lowest BCUT2D eigenvalue weighted by atomic mass is 10.1. The zero-order valence-corrected chi connectivity index (χ0v) is 17.1. The molecule has 1 N–H and O–H groups in total. The number of hydrogen-bond donors (Lipinski definition) is 1. The molecule has 7 heteroatoms. The van der Waals surface area contributed by atoms with Crippen molar-refractivity contribution < 1.29 is 4.74 Å². The monoisotopic (exact) mass is 445 g/mol. The van der Waals surface area contributed by atoms with Crippen molar-refractivity contribution >= 4 is 43.9 Å². The van der Waals surface area contributed by atoms with Crippen LogP contribution < -0.4 is 10.1 Å². The number of rotatable bonds is 4. The lowest BCUT2D eigenvalue weighted by molar-refractivity contribution is 0.415. The van der Waals surface area contributed by atoms with Gasteiger partial charge in [-0.25, -0.2) is 0 Å². The summed E-state index contributed by atoms with van der Waals surface area (Å²) in [7, 11) is 1.65. The topological polar surface area (TPSA) is 64.3 Å². The van der Waals surface area contributed by atoms with E-state index in [2.05, 4.69) is 31.4 Å². The Labute approximate surface area is 175 Å². The lowest BCUT2D eigenvalue weighted by Gasteiger charge is -2.11. The molecular weight excluding hydrogens is 430 g/mol. The Hall–Kier alpha value is -3.45. The standard InChI is InChI=1S/C22H16BrN5O/c1-29-17-12-6-14(7-13-17)21-25-26-22-19-5-3-2-4-18(19)20(27-28(21)22)24-16-10-8-15(23)9-11-16/h2-13H,1H3,(H,24,27). The van der Waals surface area contributed by atoms with E-state index in [-0.39, 0.29) is 0 Å². The first-order valence-electron chi connectivity index (χ1n) is 9.04. The van der Waals surface area contributed by atoms with Crippen molar-refractivity contribution in [3.8, 4) is 17.1 Å². The van der Waals surface area contributed by atoms with Gasteiger partial charge in [0.2, 0.25) is 0 Å². The highest BCUT2D eigenvalue weighted by atomic mass is 79.9.